The van der Waals surface area contributed by atoms with Gasteiger partial charge in [-0.25, -0.2) is 0 Å². The van der Waals surface area contributed by atoms with E-state index in [1.807, 2.05) is 6.92 Å². The Bertz CT molecular complexity index is 284. The van der Waals surface area contributed by atoms with Crippen LogP contribution in [0.25, 0.3) is 0 Å². The van der Waals surface area contributed by atoms with Gasteiger partial charge in [-0.3, -0.25) is 4.79 Å². The molecule has 18 heavy (non-hydrogen) atoms. The molecule has 3 N–H and O–H groups in total. The molecule has 2 heterocycles. The SMILES string of the molecule is CC(CC1CCCO1)NC(=O)C1(N)CCOCC1. The van der Waals surface area contributed by atoms with Crippen molar-refractivity contribution in [3.63, 3.8) is 0 Å². The summed E-state index contributed by atoms with van der Waals surface area (Å²) in [4.78, 5) is 12.2. The van der Waals surface area contributed by atoms with Crippen LogP contribution in [0.3, 0.4) is 0 Å². The molecule has 1 amide bonds. The maximum atomic E-state index is 12.2. The molecule has 0 aliphatic carbocycles. The summed E-state index contributed by atoms with van der Waals surface area (Å²) < 4.78 is 10.8. The van der Waals surface area contributed by atoms with Crippen LogP contribution in [0.2, 0.25) is 0 Å². The maximum Gasteiger partial charge on any atom is 0.240 e. The van der Waals surface area contributed by atoms with Crippen LogP contribution in [0.5, 0.6) is 0 Å². The molecule has 0 bridgehead atoms. The third-order valence-electron chi connectivity index (χ3n) is 3.86. The molecular formula is C13H24N2O3. The fraction of sp³-hybridized carbons (Fsp3) is 0.923. The molecule has 0 aromatic heterocycles. The standard InChI is InChI=1S/C13H24N2O3/c1-10(9-11-3-2-6-18-11)15-12(16)13(14)4-7-17-8-5-13/h10-11H,2-9,14H2,1H3,(H,15,16). The Morgan fingerprint density at radius 2 is 2.17 bits per heavy atom. The fourth-order valence-corrected chi connectivity index (χ4v) is 2.61. The number of rotatable bonds is 4. The highest BCUT2D eigenvalue weighted by Gasteiger charge is 2.36. The summed E-state index contributed by atoms with van der Waals surface area (Å²) in [7, 11) is 0. The summed E-state index contributed by atoms with van der Waals surface area (Å²) in [5.41, 5.74) is 5.39. The number of ether oxygens (including phenoxy) is 2. The molecule has 2 aliphatic rings. The van der Waals surface area contributed by atoms with Crippen LogP contribution in [0.15, 0.2) is 0 Å². The van der Waals surface area contributed by atoms with E-state index in [9.17, 15) is 4.79 Å². The lowest BCUT2D eigenvalue weighted by molar-refractivity contribution is -0.130. The van der Waals surface area contributed by atoms with Crippen LogP contribution in [0.1, 0.15) is 39.0 Å². The van der Waals surface area contributed by atoms with Crippen molar-refractivity contribution in [3.05, 3.63) is 0 Å². The Hall–Kier alpha value is -0.650. The van der Waals surface area contributed by atoms with Gasteiger partial charge in [0.1, 0.15) is 0 Å². The fourth-order valence-electron chi connectivity index (χ4n) is 2.61. The van der Waals surface area contributed by atoms with Gasteiger partial charge in [-0.05, 0) is 39.0 Å². The van der Waals surface area contributed by atoms with Crippen molar-refractivity contribution in [1.29, 1.82) is 0 Å². The average molecular weight is 256 g/mol. The van der Waals surface area contributed by atoms with Crippen LogP contribution in [0, 0.1) is 0 Å². The van der Waals surface area contributed by atoms with E-state index in [0.29, 0.717) is 32.2 Å². The molecule has 5 heteroatoms. The van der Waals surface area contributed by atoms with Gasteiger partial charge in [0.2, 0.25) is 5.91 Å². The van der Waals surface area contributed by atoms with Gasteiger partial charge in [0.15, 0.2) is 0 Å². The average Bonchev–Trinajstić information content (AvgIpc) is 2.82. The van der Waals surface area contributed by atoms with Gasteiger partial charge in [-0.1, -0.05) is 0 Å². The van der Waals surface area contributed by atoms with E-state index in [-0.39, 0.29) is 11.9 Å². The summed E-state index contributed by atoms with van der Waals surface area (Å²) >= 11 is 0. The van der Waals surface area contributed by atoms with Gasteiger partial charge in [0, 0.05) is 25.9 Å². The molecular weight excluding hydrogens is 232 g/mol. The zero-order chi connectivity index (χ0) is 13.0. The van der Waals surface area contributed by atoms with Crippen molar-refractivity contribution in [2.45, 2.75) is 56.7 Å². The van der Waals surface area contributed by atoms with Crippen molar-refractivity contribution < 1.29 is 14.3 Å². The summed E-state index contributed by atoms with van der Waals surface area (Å²) in [6, 6.07) is 0.115. The van der Waals surface area contributed by atoms with Crippen LogP contribution in [-0.4, -0.2) is 43.4 Å². The molecule has 2 saturated heterocycles. The van der Waals surface area contributed by atoms with Crippen LogP contribution < -0.4 is 11.1 Å². The van der Waals surface area contributed by atoms with Crippen molar-refractivity contribution in [1.82, 2.24) is 5.32 Å². The monoisotopic (exact) mass is 256 g/mol. The zero-order valence-electron chi connectivity index (χ0n) is 11.1. The quantitative estimate of drug-likeness (QED) is 0.771. The minimum atomic E-state index is -0.747. The molecule has 0 spiro atoms. The molecule has 2 aliphatic heterocycles. The minimum absolute atomic E-state index is 0.0451. The second-order valence-corrected chi connectivity index (χ2v) is 5.51. The van der Waals surface area contributed by atoms with Gasteiger partial charge < -0.3 is 20.5 Å². The van der Waals surface area contributed by atoms with E-state index in [1.165, 1.54) is 0 Å². The Morgan fingerprint density at radius 1 is 1.44 bits per heavy atom. The van der Waals surface area contributed by atoms with E-state index < -0.39 is 5.54 Å². The molecule has 2 rings (SSSR count). The van der Waals surface area contributed by atoms with Gasteiger partial charge in [0.05, 0.1) is 11.6 Å². The van der Waals surface area contributed by atoms with Gasteiger partial charge in [-0.15, -0.1) is 0 Å². The van der Waals surface area contributed by atoms with Crippen LogP contribution in [-0.2, 0) is 14.3 Å². The summed E-state index contributed by atoms with van der Waals surface area (Å²) in [5, 5.41) is 3.02. The number of amides is 1. The Kier molecular flexibility index (Phi) is 4.59. The lowest BCUT2D eigenvalue weighted by Crippen LogP contribution is -2.58. The van der Waals surface area contributed by atoms with E-state index in [4.69, 9.17) is 15.2 Å². The van der Waals surface area contributed by atoms with E-state index in [1.54, 1.807) is 0 Å². The highest BCUT2D eigenvalue weighted by Crippen LogP contribution is 2.20. The van der Waals surface area contributed by atoms with E-state index in [2.05, 4.69) is 5.32 Å². The van der Waals surface area contributed by atoms with Crippen molar-refractivity contribution >= 4 is 5.91 Å². The Labute approximate surface area is 108 Å². The Morgan fingerprint density at radius 3 is 2.78 bits per heavy atom. The predicted octanol–water partition coefficient (Wildman–Crippen LogP) is 0.568. The number of carbonyl (C=O) groups is 1. The lowest BCUT2D eigenvalue weighted by Gasteiger charge is -2.33. The molecule has 5 nitrogen and oxygen atoms in total. The third-order valence-corrected chi connectivity index (χ3v) is 3.86. The van der Waals surface area contributed by atoms with Crippen LogP contribution in [0.4, 0.5) is 0 Å². The molecule has 2 fully saturated rings. The molecule has 2 atom stereocenters. The maximum absolute atomic E-state index is 12.2. The summed E-state index contributed by atoms with van der Waals surface area (Å²) in [6.07, 6.45) is 4.60. The highest BCUT2D eigenvalue weighted by atomic mass is 16.5. The number of hydrogen-bond donors (Lipinski definition) is 2. The first-order valence-electron chi connectivity index (χ1n) is 6.89. The van der Waals surface area contributed by atoms with E-state index in [0.717, 1.165) is 25.9 Å². The largest absolute Gasteiger partial charge is 0.381 e. The summed E-state index contributed by atoms with van der Waals surface area (Å²) in [6.45, 7) is 4.01. The lowest BCUT2D eigenvalue weighted by atomic mass is 9.90. The first-order chi connectivity index (χ1) is 8.60. The minimum Gasteiger partial charge on any atom is -0.381 e. The first kappa shape index (κ1) is 13.8. The predicted molar refractivity (Wildman–Crippen MR) is 68.2 cm³/mol. The van der Waals surface area contributed by atoms with Crippen molar-refractivity contribution in [2.75, 3.05) is 19.8 Å². The Balaban J connectivity index is 1.78. The van der Waals surface area contributed by atoms with Gasteiger partial charge >= 0.3 is 0 Å². The first-order valence-corrected chi connectivity index (χ1v) is 6.89. The molecule has 0 radical (unpaired) electrons. The van der Waals surface area contributed by atoms with Gasteiger partial charge in [-0.2, -0.15) is 0 Å². The second kappa shape index (κ2) is 5.99. The zero-order valence-corrected chi connectivity index (χ0v) is 11.1. The number of nitrogens with two attached hydrogens (primary N) is 1. The third kappa shape index (κ3) is 3.43. The molecule has 0 saturated carbocycles. The number of nitrogens with one attached hydrogen (secondary N) is 1. The number of carbonyl (C=O) groups excluding carboxylic acids is 1. The molecule has 104 valence electrons. The molecule has 0 aromatic carbocycles. The van der Waals surface area contributed by atoms with Crippen LogP contribution >= 0.6 is 0 Å². The molecule has 0 aromatic rings. The number of hydrogen-bond acceptors (Lipinski definition) is 4. The van der Waals surface area contributed by atoms with E-state index >= 15 is 0 Å². The van der Waals surface area contributed by atoms with Gasteiger partial charge in [0.25, 0.3) is 0 Å². The highest BCUT2D eigenvalue weighted by molar-refractivity contribution is 5.86. The van der Waals surface area contributed by atoms with Crippen molar-refractivity contribution in [3.8, 4) is 0 Å². The topological polar surface area (TPSA) is 73.6 Å². The smallest absolute Gasteiger partial charge is 0.240 e. The van der Waals surface area contributed by atoms with Crippen molar-refractivity contribution in [2.24, 2.45) is 5.73 Å². The summed E-state index contributed by atoms with van der Waals surface area (Å²) in [5.74, 6) is -0.0451. The molecule has 2 unspecified atom stereocenters. The second-order valence-electron chi connectivity index (χ2n) is 5.51. The normalized spacial score (nSPS) is 28.9.